The van der Waals surface area contributed by atoms with Crippen molar-refractivity contribution in [2.75, 3.05) is 5.75 Å². The molecule has 1 unspecified atom stereocenters. The van der Waals surface area contributed by atoms with E-state index in [1.165, 1.54) is 17.8 Å². The molecule has 18 heavy (non-hydrogen) atoms. The van der Waals surface area contributed by atoms with Gasteiger partial charge in [0.1, 0.15) is 16.9 Å². The second-order valence-electron chi connectivity index (χ2n) is 3.57. The normalized spacial score (nSPS) is 19.7. The third kappa shape index (κ3) is 3.22. The summed E-state index contributed by atoms with van der Waals surface area (Å²) in [7, 11) is 0. The number of thioether (sulfide) groups is 1. The number of hydrogen-bond acceptors (Lipinski definition) is 4. The Morgan fingerprint density at radius 1 is 1.39 bits per heavy atom. The van der Waals surface area contributed by atoms with E-state index < -0.39 is 17.5 Å². The molecule has 1 heterocycles. The molecule has 1 atom stereocenters. The second-order valence-corrected chi connectivity index (χ2v) is 4.66. The third-order valence-electron chi connectivity index (χ3n) is 2.12. The molecule has 1 aliphatic heterocycles. The number of halogens is 3. The van der Waals surface area contributed by atoms with Gasteiger partial charge in [-0.15, -0.1) is 24.9 Å². The van der Waals surface area contributed by atoms with E-state index in [4.69, 9.17) is 0 Å². The molecular formula is C10H8F3NO3S. The van der Waals surface area contributed by atoms with Crippen LogP contribution in [0, 0.1) is 0 Å². The average Bonchev–Trinajstić information content (AvgIpc) is 2.61. The van der Waals surface area contributed by atoms with Crippen LogP contribution in [0.3, 0.4) is 0 Å². The molecule has 8 heteroatoms. The molecule has 1 fully saturated rings. The Balaban J connectivity index is 2.24. The van der Waals surface area contributed by atoms with Crippen LogP contribution in [0.5, 0.6) is 11.5 Å². The fourth-order valence-electron chi connectivity index (χ4n) is 1.52. The summed E-state index contributed by atoms with van der Waals surface area (Å²) in [5, 5.41) is 11.4. The van der Waals surface area contributed by atoms with Crippen molar-refractivity contribution in [1.82, 2.24) is 5.32 Å². The van der Waals surface area contributed by atoms with E-state index in [1.54, 1.807) is 0 Å². The number of carbonyl (C=O) groups is 1. The zero-order valence-corrected chi connectivity index (χ0v) is 9.64. The van der Waals surface area contributed by atoms with Crippen LogP contribution in [0.15, 0.2) is 18.2 Å². The Morgan fingerprint density at radius 3 is 2.67 bits per heavy atom. The molecule has 1 aromatic carbocycles. The van der Waals surface area contributed by atoms with E-state index in [9.17, 15) is 23.1 Å². The topological polar surface area (TPSA) is 58.6 Å². The monoisotopic (exact) mass is 279 g/mol. The first-order valence-electron chi connectivity index (χ1n) is 4.84. The van der Waals surface area contributed by atoms with Gasteiger partial charge in [-0.05, 0) is 17.7 Å². The highest BCUT2D eigenvalue weighted by Crippen LogP contribution is 2.36. The molecular weight excluding hydrogens is 271 g/mol. The van der Waals surface area contributed by atoms with Crippen LogP contribution in [0.4, 0.5) is 13.2 Å². The summed E-state index contributed by atoms with van der Waals surface area (Å²) < 4.78 is 39.9. The molecule has 0 bridgehead atoms. The van der Waals surface area contributed by atoms with Crippen molar-refractivity contribution in [3.63, 3.8) is 0 Å². The molecule has 1 aliphatic rings. The van der Waals surface area contributed by atoms with Gasteiger partial charge in [-0.3, -0.25) is 4.79 Å². The maximum absolute atomic E-state index is 12.1. The van der Waals surface area contributed by atoms with Crippen molar-refractivity contribution in [1.29, 1.82) is 0 Å². The number of nitrogens with one attached hydrogen (secondary N) is 1. The molecule has 0 saturated carbocycles. The van der Waals surface area contributed by atoms with Crippen LogP contribution in [-0.2, 0) is 4.79 Å². The number of phenolic OH excluding ortho intramolecular Hbond substituents is 1. The van der Waals surface area contributed by atoms with Gasteiger partial charge in [-0.25, -0.2) is 0 Å². The molecule has 1 aromatic rings. The summed E-state index contributed by atoms with van der Waals surface area (Å²) in [5.74, 6) is -0.838. The molecule has 1 amide bonds. The van der Waals surface area contributed by atoms with E-state index in [-0.39, 0.29) is 17.4 Å². The minimum absolute atomic E-state index is 0.202. The maximum Gasteiger partial charge on any atom is 0.573 e. The number of rotatable bonds is 2. The first-order chi connectivity index (χ1) is 8.33. The molecule has 4 nitrogen and oxygen atoms in total. The summed E-state index contributed by atoms with van der Waals surface area (Å²) in [6.45, 7) is 0. The number of aromatic hydroxyl groups is 1. The van der Waals surface area contributed by atoms with Crippen molar-refractivity contribution < 1.29 is 27.8 Å². The quantitative estimate of drug-likeness (QED) is 0.871. The molecule has 1 saturated heterocycles. The number of alkyl halides is 3. The minimum Gasteiger partial charge on any atom is -0.508 e. The zero-order chi connectivity index (χ0) is 13.3. The summed E-state index contributed by atoms with van der Waals surface area (Å²) in [6, 6.07) is 3.28. The van der Waals surface area contributed by atoms with Gasteiger partial charge in [0.15, 0.2) is 0 Å². The summed E-state index contributed by atoms with van der Waals surface area (Å²) in [6.07, 6.45) is -4.82. The molecule has 0 radical (unpaired) electrons. The van der Waals surface area contributed by atoms with Crippen LogP contribution >= 0.6 is 11.8 Å². The van der Waals surface area contributed by atoms with Crippen LogP contribution in [0.25, 0.3) is 0 Å². The Hall–Kier alpha value is -1.57. The van der Waals surface area contributed by atoms with Gasteiger partial charge in [0.2, 0.25) is 5.91 Å². The van der Waals surface area contributed by atoms with E-state index in [0.717, 1.165) is 12.1 Å². The summed E-state index contributed by atoms with van der Waals surface area (Å²) in [4.78, 5) is 11.0. The largest absolute Gasteiger partial charge is 0.573 e. The zero-order valence-electron chi connectivity index (χ0n) is 8.82. The van der Waals surface area contributed by atoms with E-state index >= 15 is 0 Å². The van der Waals surface area contributed by atoms with Crippen LogP contribution in [0.1, 0.15) is 10.9 Å². The number of ether oxygens (including phenoxy) is 1. The lowest BCUT2D eigenvalue weighted by Gasteiger charge is -2.14. The lowest BCUT2D eigenvalue weighted by molar-refractivity contribution is -0.274. The Labute approximate surface area is 104 Å². The first kappa shape index (κ1) is 12.9. The SMILES string of the molecule is O=C1CSC(c2cc(O)cc(OC(F)(F)F)c2)N1. The fourth-order valence-corrected chi connectivity index (χ4v) is 2.46. The van der Waals surface area contributed by atoms with E-state index in [0.29, 0.717) is 5.56 Å². The van der Waals surface area contributed by atoms with E-state index in [1.807, 2.05) is 0 Å². The molecule has 0 spiro atoms. The lowest BCUT2D eigenvalue weighted by atomic mass is 10.2. The first-order valence-corrected chi connectivity index (χ1v) is 5.89. The van der Waals surface area contributed by atoms with Gasteiger partial charge in [0.05, 0.1) is 5.75 Å². The molecule has 0 aliphatic carbocycles. The van der Waals surface area contributed by atoms with Crippen molar-refractivity contribution in [2.45, 2.75) is 11.7 Å². The van der Waals surface area contributed by atoms with Crippen molar-refractivity contribution >= 4 is 17.7 Å². The van der Waals surface area contributed by atoms with Crippen LogP contribution in [0.2, 0.25) is 0 Å². The van der Waals surface area contributed by atoms with Crippen LogP contribution in [-0.4, -0.2) is 23.1 Å². The maximum atomic E-state index is 12.1. The predicted octanol–water partition coefficient (Wildman–Crippen LogP) is 2.15. The minimum atomic E-state index is -4.82. The molecule has 98 valence electrons. The fraction of sp³-hybridized carbons (Fsp3) is 0.300. The predicted molar refractivity (Wildman–Crippen MR) is 58.1 cm³/mol. The van der Waals surface area contributed by atoms with Gasteiger partial charge in [-0.2, -0.15) is 0 Å². The Kier molecular flexibility index (Phi) is 3.29. The van der Waals surface area contributed by atoms with Crippen molar-refractivity contribution in [2.24, 2.45) is 0 Å². The Morgan fingerprint density at radius 2 is 2.11 bits per heavy atom. The number of hydrogen-bond donors (Lipinski definition) is 2. The molecule has 2 N–H and O–H groups in total. The highest BCUT2D eigenvalue weighted by molar-refractivity contribution is 8.00. The lowest BCUT2D eigenvalue weighted by Crippen LogP contribution is -2.20. The highest BCUT2D eigenvalue weighted by atomic mass is 32.2. The molecule has 2 rings (SSSR count). The van der Waals surface area contributed by atoms with Gasteiger partial charge < -0.3 is 15.2 Å². The average molecular weight is 279 g/mol. The molecule has 0 aromatic heterocycles. The smallest absolute Gasteiger partial charge is 0.508 e. The summed E-state index contributed by atoms with van der Waals surface area (Å²) >= 11 is 1.23. The van der Waals surface area contributed by atoms with Crippen molar-refractivity contribution in [3.05, 3.63) is 23.8 Å². The number of carbonyl (C=O) groups excluding carboxylic acids is 1. The van der Waals surface area contributed by atoms with Crippen LogP contribution < -0.4 is 10.1 Å². The van der Waals surface area contributed by atoms with Gasteiger partial charge >= 0.3 is 6.36 Å². The highest BCUT2D eigenvalue weighted by Gasteiger charge is 2.32. The number of benzene rings is 1. The van der Waals surface area contributed by atoms with Gasteiger partial charge in [0, 0.05) is 6.07 Å². The second kappa shape index (κ2) is 4.60. The van der Waals surface area contributed by atoms with E-state index in [2.05, 4.69) is 10.1 Å². The van der Waals surface area contributed by atoms with Crippen molar-refractivity contribution in [3.8, 4) is 11.5 Å². The van der Waals surface area contributed by atoms with Gasteiger partial charge in [-0.1, -0.05) is 0 Å². The number of amides is 1. The number of phenols is 1. The standard InChI is InChI=1S/C10H8F3NO3S/c11-10(12,13)17-7-2-5(1-6(15)3-7)9-14-8(16)4-18-9/h1-3,9,15H,4H2,(H,14,16). The third-order valence-corrected chi connectivity index (χ3v) is 3.28. The Bertz CT molecular complexity index is 478. The van der Waals surface area contributed by atoms with Gasteiger partial charge in [0.25, 0.3) is 0 Å². The summed E-state index contributed by atoms with van der Waals surface area (Å²) in [5.41, 5.74) is 0.352.